The van der Waals surface area contributed by atoms with Gasteiger partial charge in [-0.2, -0.15) is 0 Å². The highest BCUT2D eigenvalue weighted by molar-refractivity contribution is 6.33. The predicted molar refractivity (Wildman–Crippen MR) is 87.8 cm³/mol. The van der Waals surface area contributed by atoms with E-state index in [1.165, 1.54) is 4.90 Å². The van der Waals surface area contributed by atoms with Gasteiger partial charge in [-0.05, 0) is 32.0 Å². The monoisotopic (exact) mass is 335 g/mol. The molecule has 1 aromatic carbocycles. The van der Waals surface area contributed by atoms with Crippen molar-refractivity contribution in [2.24, 2.45) is 0 Å². The minimum absolute atomic E-state index is 0.128. The molecule has 23 heavy (non-hydrogen) atoms. The number of nitrogens with one attached hydrogen (secondary N) is 1. The van der Waals surface area contributed by atoms with Gasteiger partial charge in [0, 0.05) is 25.2 Å². The Balaban J connectivity index is 2.17. The third kappa shape index (κ3) is 3.90. The first-order valence-electron chi connectivity index (χ1n) is 7.02. The molecule has 0 unspecified atom stereocenters. The number of aryl methyl sites for hydroxylation is 2. The lowest BCUT2D eigenvalue weighted by Crippen LogP contribution is -2.22. The molecule has 0 atom stereocenters. The lowest BCUT2D eigenvalue weighted by Gasteiger charge is -2.13. The topological polar surface area (TPSA) is 75.4 Å². The van der Waals surface area contributed by atoms with Crippen LogP contribution in [0.25, 0.3) is 0 Å². The lowest BCUT2D eigenvalue weighted by molar-refractivity contribution is -0.115. The van der Waals surface area contributed by atoms with Crippen LogP contribution in [0.3, 0.4) is 0 Å². The van der Waals surface area contributed by atoms with Gasteiger partial charge in [0.05, 0.1) is 22.8 Å². The third-order valence-corrected chi connectivity index (χ3v) is 3.74. The summed E-state index contributed by atoms with van der Waals surface area (Å²) in [6.45, 7) is 3.54. The summed E-state index contributed by atoms with van der Waals surface area (Å²) in [6, 6.07) is 4.77. The summed E-state index contributed by atoms with van der Waals surface area (Å²) >= 11 is 6.10. The average Bonchev–Trinajstić information content (AvgIpc) is 2.80. The normalized spacial score (nSPS) is 10.5. The van der Waals surface area contributed by atoms with Crippen LogP contribution in [0.5, 0.6) is 0 Å². The molecule has 0 saturated carbocycles. The van der Waals surface area contributed by atoms with E-state index in [2.05, 4.69) is 10.5 Å². The molecule has 0 bridgehead atoms. The molecule has 1 heterocycles. The van der Waals surface area contributed by atoms with E-state index >= 15 is 0 Å². The molecule has 2 amide bonds. The van der Waals surface area contributed by atoms with E-state index in [9.17, 15) is 9.59 Å². The van der Waals surface area contributed by atoms with Gasteiger partial charge >= 0.3 is 0 Å². The molecular formula is C16H18ClN3O3. The first-order valence-corrected chi connectivity index (χ1v) is 7.40. The molecular weight excluding hydrogens is 318 g/mol. The minimum Gasteiger partial charge on any atom is -0.361 e. The molecule has 2 aromatic rings. The van der Waals surface area contributed by atoms with Gasteiger partial charge in [0.15, 0.2) is 0 Å². The highest BCUT2D eigenvalue weighted by Crippen LogP contribution is 2.24. The molecule has 7 heteroatoms. The number of anilines is 1. The van der Waals surface area contributed by atoms with Crippen molar-refractivity contribution in [3.63, 3.8) is 0 Å². The summed E-state index contributed by atoms with van der Waals surface area (Å²) in [7, 11) is 3.32. The maximum Gasteiger partial charge on any atom is 0.253 e. The van der Waals surface area contributed by atoms with Crippen LogP contribution in [-0.4, -0.2) is 36.0 Å². The zero-order valence-electron chi connectivity index (χ0n) is 13.4. The van der Waals surface area contributed by atoms with Gasteiger partial charge < -0.3 is 14.7 Å². The van der Waals surface area contributed by atoms with Crippen molar-refractivity contribution in [3.8, 4) is 0 Å². The van der Waals surface area contributed by atoms with E-state index < -0.39 is 0 Å². The molecule has 0 spiro atoms. The summed E-state index contributed by atoms with van der Waals surface area (Å²) in [5.74, 6) is 0.193. The van der Waals surface area contributed by atoms with Crippen molar-refractivity contribution >= 4 is 29.1 Å². The maximum atomic E-state index is 12.2. The van der Waals surface area contributed by atoms with Crippen LogP contribution < -0.4 is 5.32 Å². The highest BCUT2D eigenvalue weighted by Gasteiger charge is 2.16. The Hall–Kier alpha value is -2.34. The number of benzene rings is 1. The molecule has 1 aromatic heterocycles. The summed E-state index contributed by atoms with van der Waals surface area (Å²) in [5.41, 5.74) is 2.28. The first kappa shape index (κ1) is 17.0. The van der Waals surface area contributed by atoms with E-state index in [4.69, 9.17) is 16.1 Å². The second-order valence-corrected chi connectivity index (χ2v) is 5.83. The largest absolute Gasteiger partial charge is 0.361 e. The molecule has 0 radical (unpaired) electrons. The van der Waals surface area contributed by atoms with E-state index in [-0.39, 0.29) is 18.2 Å². The number of nitrogens with zero attached hydrogens (tertiary/aromatic N) is 2. The van der Waals surface area contributed by atoms with Crippen LogP contribution in [-0.2, 0) is 11.2 Å². The number of rotatable bonds is 4. The number of aromatic nitrogens is 1. The average molecular weight is 336 g/mol. The van der Waals surface area contributed by atoms with Crippen molar-refractivity contribution in [2.75, 3.05) is 19.4 Å². The molecule has 1 N–H and O–H groups in total. The van der Waals surface area contributed by atoms with Gasteiger partial charge in [0.1, 0.15) is 5.76 Å². The fourth-order valence-electron chi connectivity index (χ4n) is 2.12. The Morgan fingerprint density at radius 3 is 2.57 bits per heavy atom. The van der Waals surface area contributed by atoms with Crippen LogP contribution in [0.2, 0.25) is 5.02 Å². The molecule has 2 rings (SSSR count). The smallest absolute Gasteiger partial charge is 0.253 e. The number of carbonyl (C=O) groups excluding carboxylic acids is 2. The van der Waals surface area contributed by atoms with Gasteiger partial charge in [-0.1, -0.05) is 16.8 Å². The third-order valence-electron chi connectivity index (χ3n) is 3.41. The summed E-state index contributed by atoms with van der Waals surface area (Å²) < 4.78 is 5.04. The van der Waals surface area contributed by atoms with Gasteiger partial charge in [-0.3, -0.25) is 9.59 Å². The molecule has 0 saturated heterocycles. The van der Waals surface area contributed by atoms with E-state index in [1.807, 2.05) is 0 Å². The number of hydrogen-bond donors (Lipinski definition) is 1. The van der Waals surface area contributed by atoms with E-state index in [1.54, 1.807) is 46.1 Å². The van der Waals surface area contributed by atoms with Gasteiger partial charge in [-0.15, -0.1) is 0 Å². The van der Waals surface area contributed by atoms with E-state index in [0.29, 0.717) is 27.7 Å². The van der Waals surface area contributed by atoms with Crippen LogP contribution in [0.4, 0.5) is 5.69 Å². The molecule has 6 nitrogen and oxygen atoms in total. The quantitative estimate of drug-likeness (QED) is 0.932. The molecule has 0 aliphatic carbocycles. The minimum atomic E-state index is -0.254. The SMILES string of the molecule is Cc1noc(C)c1CC(=O)Nc1cc(C(=O)N(C)C)ccc1Cl. The number of hydrogen-bond acceptors (Lipinski definition) is 4. The molecule has 0 aliphatic rings. The Morgan fingerprint density at radius 1 is 1.30 bits per heavy atom. The lowest BCUT2D eigenvalue weighted by atomic mass is 10.1. The second kappa shape index (κ2) is 6.83. The molecule has 0 aliphatic heterocycles. The maximum absolute atomic E-state index is 12.2. The summed E-state index contributed by atoms with van der Waals surface area (Å²) in [4.78, 5) is 25.7. The zero-order chi connectivity index (χ0) is 17.1. The van der Waals surface area contributed by atoms with Gasteiger partial charge in [0.2, 0.25) is 5.91 Å². The van der Waals surface area contributed by atoms with Crippen molar-refractivity contribution in [3.05, 3.63) is 45.8 Å². The van der Waals surface area contributed by atoms with Crippen molar-refractivity contribution < 1.29 is 14.1 Å². The van der Waals surface area contributed by atoms with Crippen LogP contribution in [0, 0.1) is 13.8 Å². The van der Waals surface area contributed by atoms with Gasteiger partial charge in [-0.25, -0.2) is 0 Å². The Bertz CT molecular complexity index is 734. The number of amides is 2. The van der Waals surface area contributed by atoms with E-state index in [0.717, 1.165) is 5.56 Å². The first-order chi connectivity index (χ1) is 10.8. The Morgan fingerprint density at radius 2 is 2.00 bits per heavy atom. The van der Waals surface area contributed by atoms with Gasteiger partial charge in [0.25, 0.3) is 5.91 Å². The standard InChI is InChI=1S/C16H18ClN3O3/c1-9-12(10(2)23-19-9)8-15(21)18-14-7-11(5-6-13(14)17)16(22)20(3)4/h5-7H,8H2,1-4H3,(H,18,21). The Kier molecular flexibility index (Phi) is 5.05. The van der Waals surface area contributed by atoms with Crippen molar-refractivity contribution in [1.82, 2.24) is 10.1 Å². The summed E-state index contributed by atoms with van der Waals surface area (Å²) in [5, 5.41) is 6.91. The predicted octanol–water partition coefficient (Wildman–Crippen LogP) is 2.83. The zero-order valence-corrected chi connectivity index (χ0v) is 14.2. The van der Waals surface area contributed by atoms with Crippen molar-refractivity contribution in [1.29, 1.82) is 0 Å². The van der Waals surface area contributed by atoms with Crippen LogP contribution in [0.15, 0.2) is 22.7 Å². The highest BCUT2D eigenvalue weighted by atomic mass is 35.5. The summed E-state index contributed by atoms with van der Waals surface area (Å²) in [6.07, 6.45) is 0.128. The fraction of sp³-hybridized carbons (Fsp3) is 0.312. The molecule has 122 valence electrons. The molecule has 0 fully saturated rings. The Labute approximate surface area is 139 Å². The van der Waals surface area contributed by atoms with Crippen LogP contribution >= 0.6 is 11.6 Å². The van der Waals surface area contributed by atoms with Crippen LogP contribution in [0.1, 0.15) is 27.4 Å². The number of halogens is 1. The fourth-order valence-corrected chi connectivity index (χ4v) is 2.29. The van der Waals surface area contributed by atoms with Crippen molar-refractivity contribution in [2.45, 2.75) is 20.3 Å². The second-order valence-electron chi connectivity index (χ2n) is 5.42. The number of carbonyl (C=O) groups is 2.